The van der Waals surface area contributed by atoms with Gasteiger partial charge in [0, 0.05) is 12.2 Å². The molecule has 21 heavy (non-hydrogen) atoms. The van der Waals surface area contributed by atoms with Gasteiger partial charge in [0.15, 0.2) is 0 Å². The summed E-state index contributed by atoms with van der Waals surface area (Å²) in [4.78, 5) is 12.1. The van der Waals surface area contributed by atoms with E-state index in [4.69, 9.17) is 5.73 Å². The van der Waals surface area contributed by atoms with Crippen LogP contribution in [0.25, 0.3) is 0 Å². The summed E-state index contributed by atoms with van der Waals surface area (Å²) in [5, 5.41) is 12.0. The molecule has 5 nitrogen and oxygen atoms in total. The van der Waals surface area contributed by atoms with Crippen molar-refractivity contribution >= 4 is 34.1 Å². The zero-order valence-electron chi connectivity index (χ0n) is 11.8. The van der Waals surface area contributed by atoms with E-state index in [0.29, 0.717) is 16.6 Å². The molecule has 1 heterocycles. The lowest BCUT2D eigenvalue weighted by Crippen LogP contribution is -2.29. The molecule has 2 aromatic rings. The van der Waals surface area contributed by atoms with Crippen molar-refractivity contribution in [3.05, 3.63) is 40.9 Å². The fraction of sp³-hybridized carbons (Fsp3) is 0.357. The Labute approximate surface area is 132 Å². The van der Waals surface area contributed by atoms with E-state index in [2.05, 4.69) is 22.4 Å². The number of rotatable bonds is 7. The Kier molecular flexibility index (Phi) is 6.01. The van der Waals surface area contributed by atoms with Crippen molar-refractivity contribution in [2.45, 2.75) is 19.4 Å². The number of amides is 1. The fourth-order valence-electron chi connectivity index (χ4n) is 1.84. The van der Waals surface area contributed by atoms with Crippen LogP contribution in [0.5, 0.6) is 0 Å². The SMILES string of the molecule is CCSCCC(=O)N[C@@H](c1ccccc1)c1nnc(N)s1. The molecule has 0 aliphatic heterocycles. The molecule has 1 atom stereocenters. The standard InChI is InChI=1S/C14H18N4OS2/c1-2-20-9-8-11(19)16-12(10-6-4-3-5-7-10)13-17-18-14(15)21-13/h3-7,12H,2,8-9H2,1H3,(H2,15,18)(H,16,19)/t12-/m0/s1. The van der Waals surface area contributed by atoms with Gasteiger partial charge in [0.05, 0.1) is 0 Å². The van der Waals surface area contributed by atoms with Crippen molar-refractivity contribution in [3.8, 4) is 0 Å². The summed E-state index contributed by atoms with van der Waals surface area (Å²) in [7, 11) is 0. The van der Waals surface area contributed by atoms with Gasteiger partial charge in [-0.2, -0.15) is 11.8 Å². The van der Waals surface area contributed by atoms with Crippen LogP contribution >= 0.6 is 23.1 Å². The predicted octanol–water partition coefficient (Wildman–Crippen LogP) is 2.47. The topological polar surface area (TPSA) is 80.9 Å². The molecule has 0 spiro atoms. The Bertz CT molecular complexity index is 573. The molecule has 1 aromatic carbocycles. The van der Waals surface area contributed by atoms with E-state index in [0.717, 1.165) is 17.1 Å². The molecule has 1 amide bonds. The number of benzene rings is 1. The van der Waals surface area contributed by atoms with E-state index in [-0.39, 0.29) is 11.9 Å². The lowest BCUT2D eigenvalue weighted by Gasteiger charge is -2.16. The summed E-state index contributed by atoms with van der Waals surface area (Å²) >= 11 is 3.05. The average molecular weight is 322 g/mol. The van der Waals surface area contributed by atoms with Crippen molar-refractivity contribution in [2.24, 2.45) is 0 Å². The Balaban J connectivity index is 2.11. The highest BCUT2D eigenvalue weighted by atomic mass is 32.2. The predicted molar refractivity (Wildman–Crippen MR) is 88.4 cm³/mol. The van der Waals surface area contributed by atoms with Crippen molar-refractivity contribution in [1.82, 2.24) is 15.5 Å². The lowest BCUT2D eigenvalue weighted by molar-refractivity contribution is -0.121. The van der Waals surface area contributed by atoms with Crippen LogP contribution in [0.2, 0.25) is 0 Å². The Morgan fingerprint density at radius 1 is 1.38 bits per heavy atom. The van der Waals surface area contributed by atoms with Gasteiger partial charge in [-0.25, -0.2) is 0 Å². The highest BCUT2D eigenvalue weighted by Gasteiger charge is 2.20. The summed E-state index contributed by atoms with van der Waals surface area (Å²) in [6.07, 6.45) is 0.496. The molecule has 0 saturated heterocycles. The van der Waals surface area contributed by atoms with E-state index >= 15 is 0 Å². The third-order valence-corrected chi connectivity index (χ3v) is 4.54. The molecule has 0 aliphatic rings. The Morgan fingerprint density at radius 2 is 2.14 bits per heavy atom. The molecular formula is C14H18N4OS2. The second-order valence-electron chi connectivity index (χ2n) is 4.34. The third-order valence-electron chi connectivity index (χ3n) is 2.82. The molecule has 1 aromatic heterocycles. The van der Waals surface area contributed by atoms with Gasteiger partial charge in [-0.05, 0) is 11.3 Å². The van der Waals surface area contributed by atoms with Crippen LogP contribution in [0.1, 0.15) is 30.0 Å². The number of nitrogens with one attached hydrogen (secondary N) is 1. The number of nitrogens with zero attached hydrogens (tertiary/aromatic N) is 2. The van der Waals surface area contributed by atoms with E-state index < -0.39 is 0 Å². The summed E-state index contributed by atoms with van der Waals surface area (Å²) in [6.45, 7) is 2.08. The lowest BCUT2D eigenvalue weighted by atomic mass is 10.1. The van der Waals surface area contributed by atoms with Crippen LogP contribution in [-0.2, 0) is 4.79 Å². The number of thioether (sulfide) groups is 1. The number of aromatic nitrogens is 2. The molecule has 0 bridgehead atoms. The summed E-state index contributed by atoms with van der Waals surface area (Å²) < 4.78 is 0. The van der Waals surface area contributed by atoms with Gasteiger partial charge in [0.25, 0.3) is 0 Å². The van der Waals surface area contributed by atoms with Gasteiger partial charge < -0.3 is 11.1 Å². The molecule has 2 rings (SSSR count). The number of nitrogen functional groups attached to an aromatic ring is 1. The molecule has 0 fully saturated rings. The number of anilines is 1. The minimum absolute atomic E-state index is 0.0126. The minimum Gasteiger partial charge on any atom is -0.374 e. The largest absolute Gasteiger partial charge is 0.374 e. The van der Waals surface area contributed by atoms with Gasteiger partial charge in [0.1, 0.15) is 11.0 Å². The molecule has 0 aliphatic carbocycles. The average Bonchev–Trinajstić information content (AvgIpc) is 2.92. The van der Waals surface area contributed by atoms with Gasteiger partial charge in [0.2, 0.25) is 11.0 Å². The van der Waals surface area contributed by atoms with Crippen LogP contribution in [0.15, 0.2) is 30.3 Å². The van der Waals surface area contributed by atoms with Crippen molar-refractivity contribution < 1.29 is 4.79 Å². The number of hydrogen-bond acceptors (Lipinski definition) is 6. The van der Waals surface area contributed by atoms with Crippen LogP contribution < -0.4 is 11.1 Å². The van der Waals surface area contributed by atoms with E-state index in [1.807, 2.05) is 30.3 Å². The highest BCUT2D eigenvalue weighted by Crippen LogP contribution is 2.25. The first-order valence-corrected chi connectivity index (χ1v) is 8.68. The molecule has 3 N–H and O–H groups in total. The second kappa shape index (κ2) is 7.99. The van der Waals surface area contributed by atoms with E-state index in [1.165, 1.54) is 11.3 Å². The Morgan fingerprint density at radius 3 is 2.76 bits per heavy atom. The molecule has 0 radical (unpaired) electrons. The molecule has 0 unspecified atom stereocenters. The number of carbonyl (C=O) groups is 1. The quantitative estimate of drug-likeness (QED) is 0.765. The van der Waals surface area contributed by atoms with Crippen molar-refractivity contribution in [1.29, 1.82) is 0 Å². The maximum absolute atomic E-state index is 12.1. The van der Waals surface area contributed by atoms with Gasteiger partial charge in [-0.3, -0.25) is 4.79 Å². The van der Waals surface area contributed by atoms with Gasteiger partial charge in [-0.15, -0.1) is 10.2 Å². The molecule has 7 heteroatoms. The highest BCUT2D eigenvalue weighted by molar-refractivity contribution is 7.99. The zero-order valence-corrected chi connectivity index (χ0v) is 13.4. The number of carbonyl (C=O) groups excluding carboxylic acids is 1. The summed E-state index contributed by atoms with van der Waals surface area (Å²) in [5.41, 5.74) is 6.63. The maximum atomic E-state index is 12.1. The first-order chi connectivity index (χ1) is 10.2. The number of nitrogens with two attached hydrogens (primary N) is 1. The van der Waals surface area contributed by atoms with Crippen molar-refractivity contribution in [3.63, 3.8) is 0 Å². The first kappa shape index (κ1) is 15.8. The third kappa shape index (κ3) is 4.71. The monoisotopic (exact) mass is 322 g/mol. The maximum Gasteiger partial charge on any atom is 0.221 e. The van der Waals surface area contributed by atoms with Crippen LogP contribution in [-0.4, -0.2) is 27.6 Å². The summed E-state index contributed by atoms with van der Waals surface area (Å²) in [5.74, 6) is 1.85. The smallest absolute Gasteiger partial charge is 0.221 e. The Hall–Kier alpha value is -1.60. The molecule has 0 saturated carbocycles. The van der Waals surface area contributed by atoms with Crippen LogP contribution in [0.3, 0.4) is 0 Å². The fourth-order valence-corrected chi connectivity index (χ4v) is 3.15. The normalized spacial score (nSPS) is 12.0. The summed E-state index contributed by atoms with van der Waals surface area (Å²) in [6, 6.07) is 9.44. The van der Waals surface area contributed by atoms with Crippen LogP contribution in [0.4, 0.5) is 5.13 Å². The molecule has 112 valence electrons. The van der Waals surface area contributed by atoms with Gasteiger partial charge in [-0.1, -0.05) is 48.6 Å². The first-order valence-electron chi connectivity index (χ1n) is 6.71. The van der Waals surface area contributed by atoms with Crippen LogP contribution in [0, 0.1) is 0 Å². The van der Waals surface area contributed by atoms with Crippen molar-refractivity contribution in [2.75, 3.05) is 17.2 Å². The second-order valence-corrected chi connectivity index (χ2v) is 6.77. The van der Waals surface area contributed by atoms with E-state index in [9.17, 15) is 4.79 Å². The molecular weight excluding hydrogens is 304 g/mol. The number of hydrogen-bond donors (Lipinski definition) is 2. The zero-order chi connectivity index (χ0) is 15.1. The minimum atomic E-state index is -0.292. The van der Waals surface area contributed by atoms with E-state index in [1.54, 1.807) is 11.8 Å². The van der Waals surface area contributed by atoms with Gasteiger partial charge >= 0.3 is 0 Å².